The van der Waals surface area contributed by atoms with Crippen LogP contribution in [0, 0.1) is 0 Å². The molecule has 0 radical (unpaired) electrons. The van der Waals surface area contributed by atoms with Gasteiger partial charge in [-0.15, -0.1) is 0 Å². The molecule has 1 amide bonds. The summed E-state index contributed by atoms with van der Waals surface area (Å²) in [5.74, 6) is 0.571. The molecule has 21 heavy (non-hydrogen) atoms. The molecule has 0 unspecified atom stereocenters. The quantitative estimate of drug-likeness (QED) is 0.649. The molecule has 0 bridgehead atoms. The normalized spacial score (nSPS) is 10.0. The van der Waals surface area contributed by atoms with Gasteiger partial charge in [0.25, 0.3) is 0 Å². The molecular formula is C14H15N3O4. The summed E-state index contributed by atoms with van der Waals surface area (Å²) in [6.45, 7) is 0. The zero-order valence-electron chi connectivity index (χ0n) is 11.6. The molecule has 0 saturated carbocycles. The van der Waals surface area contributed by atoms with Gasteiger partial charge in [0.15, 0.2) is 11.7 Å². The van der Waals surface area contributed by atoms with Crippen molar-refractivity contribution < 1.29 is 18.7 Å². The van der Waals surface area contributed by atoms with E-state index in [9.17, 15) is 4.79 Å². The highest BCUT2D eigenvalue weighted by atomic mass is 16.5. The van der Waals surface area contributed by atoms with Crippen molar-refractivity contribution in [3.8, 4) is 22.8 Å². The maximum absolute atomic E-state index is 11.7. The number of hydrogen-bond acceptors (Lipinski definition) is 4. The van der Waals surface area contributed by atoms with Crippen LogP contribution in [0.2, 0.25) is 0 Å². The molecule has 1 heterocycles. The van der Waals surface area contributed by atoms with Crippen molar-refractivity contribution in [2.45, 2.75) is 0 Å². The highest BCUT2D eigenvalue weighted by molar-refractivity contribution is 6.00. The lowest BCUT2D eigenvalue weighted by Crippen LogP contribution is -2.24. The van der Waals surface area contributed by atoms with Gasteiger partial charge in [0, 0.05) is 0 Å². The number of benzene rings is 1. The average molecular weight is 289 g/mol. The smallest absolute Gasteiger partial charge is 0.315 e. The number of rotatable bonds is 4. The van der Waals surface area contributed by atoms with Crippen molar-refractivity contribution in [2.24, 2.45) is 16.5 Å². The van der Waals surface area contributed by atoms with Gasteiger partial charge < -0.3 is 25.4 Å². The van der Waals surface area contributed by atoms with Gasteiger partial charge in [-0.3, -0.25) is 4.79 Å². The van der Waals surface area contributed by atoms with Crippen LogP contribution >= 0.6 is 0 Å². The summed E-state index contributed by atoms with van der Waals surface area (Å²) in [6, 6.07) is 8.41. The summed E-state index contributed by atoms with van der Waals surface area (Å²) in [4.78, 5) is 15.1. The minimum atomic E-state index is -0.657. The summed E-state index contributed by atoms with van der Waals surface area (Å²) in [5.41, 5.74) is 10.9. The summed E-state index contributed by atoms with van der Waals surface area (Å²) in [5, 5.41) is 0. The Bertz CT molecular complexity index is 665. The third-order valence-corrected chi connectivity index (χ3v) is 2.72. The number of nitrogens with zero attached hydrogens (tertiary/aromatic N) is 1. The second-order valence-corrected chi connectivity index (χ2v) is 4.04. The number of methoxy groups -OCH3 is 2. The number of nitrogens with two attached hydrogens (primary N) is 2. The molecule has 4 N–H and O–H groups in total. The predicted molar refractivity (Wildman–Crippen MR) is 77.4 cm³/mol. The first-order chi connectivity index (χ1) is 10.1. The standard InChI is InChI=1S/C14H15N3O4/c1-19-8-4-3-5-9(20-2)12(8)10-6-7-11(21-10)13(18)17-14(15)16/h3-7H,1-2H3,(H4,15,16,17,18). The van der Waals surface area contributed by atoms with Gasteiger partial charge in [-0.2, -0.15) is 4.99 Å². The number of furan rings is 1. The monoisotopic (exact) mass is 289 g/mol. The molecule has 1 aromatic heterocycles. The number of carbonyl (C=O) groups excluding carboxylic acids is 1. The van der Waals surface area contributed by atoms with Crippen LogP contribution in [0.25, 0.3) is 11.3 Å². The van der Waals surface area contributed by atoms with Crippen molar-refractivity contribution in [1.29, 1.82) is 0 Å². The van der Waals surface area contributed by atoms with Crippen LogP contribution < -0.4 is 20.9 Å². The van der Waals surface area contributed by atoms with E-state index in [1.807, 2.05) is 0 Å². The fraction of sp³-hybridized carbons (Fsp3) is 0.143. The van der Waals surface area contributed by atoms with E-state index in [0.717, 1.165) is 0 Å². The maximum atomic E-state index is 11.7. The number of guanidine groups is 1. The van der Waals surface area contributed by atoms with Crippen molar-refractivity contribution in [2.75, 3.05) is 14.2 Å². The third-order valence-electron chi connectivity index (χ3n) is 2.72. The Hall–Kier alpha value is -2.96. The number of hydrogen-bond donors (Lipinski definition) is 2. The zero-order valence-corrected chi connectivity index (χ0v) is 11.6. The summed E-state index contributed by atoms with van der Waals surface area (Å²) in [7, 11) is 3.07. The highest BCUT2D eigenvalue weighted by Crippen LogP contribution is 2.39. The number of carbonyl (C=O) groups is 1. The van der Waals surface area contributed by atoms with Crippen molar-refractivity contribution in [3.05, 3.63) is 36.1 Å². The van der Waals surface area contributed by atoms with Crippen LogP contribution in [-0.4, -0.2) is 26.1 Å². The number of amides is 1. The molecule has 7 heteroatoms. The largest absolute Gasteiger partial charge is 0.496 e. The van der Waals surface area contributed by atoms with Gasteiger partial charge in [-0.05, 0) is 24.3 Å². The summed E-state index contributed by atoms with van der Waals surface area (Å²) < 4.78 is 16.1. The lowest BCUT2D eigenvalue weighted by atomic mass is 10.1. The fourth-order valence-electron chi connectivity index (χ4n) is 1.85. The predicted octanol–water partition coefficient (Wildman–Crippen LogP) is 1.38. The highest BCUT2D eigenvalue weighted by Gasteiger charge is 2.18. The Labute approximate surface area is 121 Å². The van der Waals surface area contributed by atoms with Crippen LogP contribution in [0.3, 0.4) is 0 Å². The molecule has 2 aromatic rings. The molecule has 0 atom stereocenters. The molecule has 2 rings (SSSR count). The summed E-state index contributed by atoms with van der Waals surface area (Å²) in [6.07, 6.45) is 0. The van der Waals surface area contributed by atoms with Gasteiger partial charge in [-0.1, -0.05) is 6.07 Å². The number of aliphatic imine (C=N–C) groups is 1. The van der Waals surface area contributed by atoms with E-state index < -0.39 is 5.91 Å². The molecule has 0 saturated heterocycles. The van der Waals surface area contributed by atoms with Crippen LogP contribution in [0.1, 0.15) is 10.6 Å². The molecule has 0 spiro atoms. The van der Waals surface area contributed by atoms with E-state index in [1.165, 1.54) is 20.3 Å². The lowest BCUT2D eigenvalue weighted by molar-refractivity contribution is 0.0977. The molecule has 0 fully saturated rings. The molecular weight excluding hydrogens is 274 g/mol. The van der Waals surface area contributed by atoms with Crippen LogP contribution in [0.5, 0.6) is 11.5 Å². The first kappa shape index (κ1) is 14.4. The van der Waals surface area contributed by atoms with E-state index in [4.69, 9.17) is 25.4 Å². The van der Waals surface area contributed by atoms with Crippen molar-refractivity contribution >= 4 is 11.9 Å². The summed E-state index contributed by atoms with van der Waals surface area (Å²) >= 11 is 0. The van der Waals surface area contributed by atoms with Gasteiger partial charge >= 0.3 is 5.91 Å². The van der Waals surface area contributed by atoms with E-state index in [2.05, 4.69) is 4.99 Å². The van der Waals surface area contributed by atoms with E-state index >= 15 is 0 Å². The molecule has 7 nitrogen and oxygen atoms in total. The first-order valence-corrected chi connectivity index (χ1v) is 6.02. The molecule has 1 aromatic carbocycles. The van der Waals surface area contributed by atoms with Crippen LogP contribution in [-0.2, 0) is 0 Å². The van der Waals surface area contributed by atoms with E-state index in [0.29, 0.717) is 22.8 Å². The topological polar surface area (TPSA) is 113 Å². The van der Waals surface area contributed by atoms with Gasteiger partial charge in [0.05, 0.1) is 14.2 Å². The Morgan fingerprint density at radius 2 is 1.71 bits per heavy atom. The van der Waals surface area contributed by atoms with Gasteiger partial charge in [-0.25, -0.2) is 0 Å². The van der Waals surface area contributed by atoms with Crippen LogP contribution in [0.4, 0.5) is 0 Å². The lowest BCUT2D eigenvalue weighted by Gasteiger charge is -2.10. The van der Waals surface area contributed by atoms with Crippen molar-refractivity contribution in [3.63, 3.8) is 0 Å². The Balaban J connectivity index is 2.47. The Morgan fingerprint density at radius 3 is 2.24 bits per heavy atom. The van der Waals surface area contributed by atoms with E-state index in [1.54, 1.807) is 24.3 Å². The minimum Gasteiger partial charge on any atom is -0.496 e. The van der Waals surface area contributed by atoms with Gasteiger partial charge in [0.2, 0.25) is 0 Å². The molecule has 110 valence electrons. The van der Waals surface area contributed by atoms with Crippen LogP contribution in [0.15, 0.2) is 39.7 Å². The van der Waals surface area contributed by atoms with E-state index in [-0.39, 0.29) is 11.7 Å². The molecule has 0 aliphatic carbocycles. The van der Waals surface area contributed by atoms with Gasteiger partial charge in [0.1, 0.15) is 22.8 Å². The Morgan fingerprint density at radius 1 is 1.10 bits per heavy atom. The van der Waals surface area contributed by atoms with Crippen molar-refractivity contribution in [1.82, 2.24) is 0 Å². The third kappa shape index (κ3) is 2.97. The Kier molecular flexibility index (Phi) is 4.13. The number of ether oxygens (including phenoxy) is 2. The first-order valence-electron chi connectivity index (χ1n) is 6.02. The molecule has 0 aliphatic heterocycles. The maximum Gasteiger partial charge on any atom is 0.315 e. The average Bonchev–Trinajstić information content (AvgIpc) is 2.95. The minimum absolute atomic E-state index is 0.0198. The zero-order chi connectivity index (χ0) is 15.4. The molecule has 0 aliphatic rings. The fourth-order valence-corrected chi connectivity index (χ4v) is 1.85. The second-order valence-electron chi connectivity index (χ2n) is 4.04. The second kappa shape index (κ2) is 6.00. The SMILES string of the molecule is COc1cccc(OC)c1-c1ccc(C(=O)N=C(N)N)o1.